The largest absolute Gasteiger partial charge is 0.756 e. The minimum absolute atomic E-state index is 0.379. The molecule has 0 spiro atoms. The molecule has 0 aliphatic rings. The molecule has 0 aromatic carbocycles. The third kappa shape index (κ3) is 22.2. The molecule has 1 atom stereocenters. The molecular formula is C15H35O8P2-. The van der Waals surface area contributed by atoms with Crippen molar-refractivity contribution in [3.8, 4) is 0 Å². The zero-order valence-corrected chi connectivity index (χ0v) is 19.1. The lowest BCUT2D eigenvalue weighted by Crippen LogP contribution is -2.23. The highest BCUT2D eigenvalue weighted by atomic mass is 31.2. The first kappa shape index (κ1) is 27.4. The number of phosphoric ester groups is 2. The fraction of sp³-hybridized carbons (Fsp3) is 1.00. The molecule has 0 aliphatic carbocycles. The fourth-order valence-electron chi connectivity index (χ4n) is 1.33. The Morgan fingerprint density at radius 1 is 0.760 bits per heavy atom. The van der Waals surface area contributed by atoms with E-state index in [1.165, 1.54) is 0 Å². The first-order chi connectivity index (χ1) is 10.5. The summed E-state index contributed by atoms with van der Waals surface area (Å²) < 4.78 is 41.5. The third-order valence-corrected chi connectivity index (χ3v) is 4.51. The van der Waals surface area contributed by atoms with Gasteiger partial charge in [0.2, 0.25) is 0 Å². The lowest BCUT2D eigenvalue weighted by Gasteiger charge is -2.31. The fourth-order valence-corrected chi connectivity index (χ4v) is 3.98. The first-order valence-corrected chi connectivity index (χ1v) is 10.9. The summed E-state index contributed by atoms with van der Waals surface area (Å²) in [6.07, 6.45) is -0.379. The van der Waals surface area contributed by atoms with E-state index < -0.39 is 32.4 Å². The standard InChI is InChI=1S/C8H19O4P.C7H17O4P/c1-7(2,3)11-13(9,10)12-8(4,5)6;1-6(2)10-12(8,9)11-7(3,4)5/h1-6H3,(H,9,10);6H,1-5H3,(H,8,9)/p-1. The van der Waals surface area contributed by atoms with E-state index in [0.29, 0.717) is 0 Å². The molecule has 0 saturated heterocycles. The Bertz CT molecular complexity index is 463. The maximum Gasteiger partial charge on any atom is 0.473 e. The van der Waals surface area contributed by atoms with E-state index in [4.69, 9.17) is 13.6 Å². The van der Waals surface area contributed by atoms with Gasteiger partial charge in [-0.3, -0.25) is 13.6 Å². The van der Waals surface area contributed by atoms with E-state index in [0.717, 1.165) is 0 Å². The van der Waals surface area contributed by atoms with Gasteiger partial charge in [0.1, 0.15) is 0 Å². The predicted octanol–water partition coefficient (Wildman–Crippen LogP) is 4.41. The smallest absolute Gasteiger partial charge is 0.473 e. The number of hydrogen-bond donors (Lipinski definition) is 1. The van der Waals surface area contributed by atoms with Crippen LogP contribution in [0.5, 0.6) is 0 Å². The molecule has 25 heavy (non-hydrogen) atoms. The third-order valence-electron chi connectivity index (χ3n) is 1.50. The molecule has 0 heterocycles. The van der Waals surface area contributed by atoms with Crippen LogP contribution in [0.2, 0.25) is 0 Å². The van der Waals surface area contributed by atoms with E-state index in [9.17, 15) is 18.9 Å². The highest BCUT2D eigenvalue weighted by molar-refractivity contribution is 7.47. The van der Waals surface area contributed by atoms with Crippen molar-refractivity contribution in [3.05, 3.63) is 0 Å². The SMILES string of the molecule is CC(C)(C)OP(=O)(O)OC(C)(C)C.CC(C)OP(=O)([O-])OC(C)(C)C. The predicted molar refractivity (Wildman–Crippen MR) is 96.2 cm³/mol. The maximum atomic E-state index is 11.4. The summed E-state index contributed by atoms with van der Waals surface area (Å²) in [6, 6.07) is 0. The lowest BCUT2D eigenvalue weighted by molar-refractivity contribution is -0.236. The van der Waals surface area contributed by atoms with Crippen LogP contribution >= 0.6 is 15.6 Å². The van der Waals surface area contributed by atoms with Crippen molar-refractivity contribution in [2.45, 2.75) is 99.1 Å². The number of phosphoric acid groups is 2. The molecule has 0 aliphatic heterocycles. The summed E-state index contributed by atoms with van der Waals surface area (Å²) in [5, 5.41) is 0. The second kappa shape index (κ2) is 9.43. The Kier molecular flexibility index (Phi) is 10.3. The summed E-state index contributed by atoms with van der Waals surface area (Å²) >= 11 is 0. The highest BCUT2D eigenvalue weighted by Gasteiger charge is 2.33. The van der Waals surface area contributed by atoms with Crippen LogP contribution in [0, 0.1) is 0 Å². The van der Waals surface area contributed by atoms with E-state index in [1.807, 2.05) is 0 Å². The molecule has 0 fully saturated rings. The van der Waals surface area contributed by atoms with E-state index in [-0.39, 0.29) is 6.10 Å². The van der Waals surface area contributed by atoms with Crippen molar-refractivity contribution < 1.29 is 37.0 Å². The minimum atomic E-state index is -4.12. The van der Waals surface area contributed by atoms with Crippen molar-refractivity contribution in [1.82, 2.24) is 0 Å². The van der Waals surface area contributed by atoms with Gasteiger partial charge in [-0.05, 0) is 76.2 Å². The molecule has 0 bridgehead atoms. The van der Waals surface area contributed by atoms with Crippen molar-refractivity contribution in [2.24, 2.45) is 0 Å². The Labute approximate surface area is 152 Å². The van der Waals surface area contributed by atoms with Gasteiger partial charge in [0.25, 0.3) is 7.82 Å². The molecule has 0 radical (unpaired) electrons. The Hall–Kier alpha value is 0.220. The minimum Gasteiger partial charge on any atom is -0.756 e. The molecule has 1 N–H and O–H groups in total. The maximum absolute atomic E-state index is 11.4. The second-order valence-electron chi connectivity index (χ2n) is 8.68. The molecule has 0 amide bonds. The van der Waals surface area contributed by atoms with E-state index >= 15 is 0 Å². The quantitative estimate of drug-likeness (QED) is 0.669. The summed E-state index contributed by atoms with van der Waals surface area (Å²) in [5.41, 5.74) is -2.10. The van der Waals surface area contributed by atoms with Crippen LogP contribution in [0.1, 0.15) is 76.2 Å². The van der Waals surface area contributed by atoms with Crippen LogP contribution in [0.4, 0.5) is 0 Å². The monoisotopic (exact) mass is 405 g/mol. The lowest BCUT2D eigenvalue weighted by atomic mass is 10.2. The number of hydrogen-bond acceptors (Lipinski definition) is 7. The van der Waals surface area contributed by atoms with Crippen LogP contribution in [-0.4, -0.2) is 27.8 Å². The Morgan fingerprint density at radius 2 is 1.04 bits per heavy atom. The van der Waals surface area contributed by atoms with Gasteiger partial charge in [-0.2, -0.15) is 0 Å². The molecule has 0 aromatic heterocycles. The second-order valence-corrected chi connectivity index (χ2v) is 11.3. The van der Waals surface area contributed by atoms with E-state index in [1.54, 1.807) is 76.2 Å². The highest BCUT2D eigenvalue weighted by Crippen LogP contribution is 2.50. The van der Waals surface area contributed by atoms with Gasteiger partial charge in [0.05, 0.1) is 22.9 Å². The van der Waals surface area contributed by atoms with Crippen LogP contribution in [0.3, 0.4) is 0 Å². The zero-order chi connectivity index (χ0) is 20.9. The zero-order valence-electron chi connectivity index (χ0n) is 17.3. The molecule has 154 valence electrons. The average Bonchev–Trinajstić information content (AvgIpc) is 1.99. The molecule has 0 saturated carbocycles. The van der Waals surface area contributed by atoms with Gasteiger partial charge in [0.15, 0.2) is 0 Å². The Morgan fingerprint density at radius 3 is 1.24 bits per heavy atom. The van der Waals surface area contributed by atoms with E-state index in [2.05, 4.69) is 4.52 Å². The van der Waals surface area contributed by atoms with Crippen LogP contribution in [0.25, 0.3) is 0 Å². The van der Waals surface area contributed by atoms with Crippen LogP contribution in [-0.2, 0) is 27.2 Å². The van der Waals surface area contributed by atoms with Gasteiger partial charge in [-0.25, -0.2) is 4.57 Å². The summed E-state index contributed by atoms with van der Waals surface area (Å²) in [6.45, 7) is 18.4. The van der Waals surface area contributed by atoms with Gasteiger partial charge in [-0.1, -0.05) is 0 Å². The molecule has 1 unspecified atom stereocenters. The summed E-state index contributed by atoms with van der Waals surface area (Å²) in [4.78, 5) is 20.3. The van der Waals surface area contributed by atoms with Gasteiger partial charge in [-0.15, -0.1) is 0 Å². The van der Waals surface area contributed by atoms with Crippen molar-refractivity contribution >= 4 is 15.6 Å². The molecule has 10 heteroatoms. The van der Waals surface area contributed by atoms with Crippen molar-refractivity contribution in [2.75, 3.05) is 0 Å². The molecular weight excluding hydrogens is 370 g/mol. The van der Waals surface area contributed by atoms with Crippen LogP contribution < -0.4 is 4.89 Å². The van der Waals surface area contributed by atoms with Crippen LogP contribution in [0.15, 0.2) is 0 Å². The van der Waals surface area contributed by atoms with Gasteiger partial charge >= 0.3 is 7.82 Å². The molecule has 8 nitrogen and oxygen atoms in total. The molecule has 0 aromatic rings. The normalized spacial score (nSPS) is 16.2. The van der Waals surface area contributed by atoms with Gasteiger partial charge in [0, 0.05) is 0 Å². The number of rotatable bonds is 5. The molecule has 0 rings (SSSR count). The average molecular weight is 405 g/mol. The Balaban J connectivity index is 0. The topological polar surface area (TPSA) is 114 Å². The summed E-state index contributed by atoms with van der Waals surface area (Å²) in [7, 11) is -8.06. The van der Waals surface area contributed by atoms with Crippen molar-refractivity contribution in [1.29, 1.82) is 0 Å². The summed E-state index contributed by atoms with van der Waals surface area (Å²) in [5.74, 6) is 0. The first-order valence-electron chi connectivity index (χ1n) is 7.98. The van der Waals surface area contributed by atoms with Crippen molar-refractivity contribution in [3.63, 3.8) is 0 Å². The van der Waals surface area contributed by atoms with Gasteiger partial charge < -0.3 is 18.8 Å².